The minimum Gasteiger partial charge on any atom is -0.347 e. The highest BCUT2D eigenvalue weighted by molar-refractivity contribution is 7.17. The van der Waals surface area contributed by atoms with Crippen LogP contribution in [0.15, 0.2) is 12.1 Å². The molecule has 3 rings (SSSR count). The summed E-state index contributed by atoms with van der Waals surface area (Å²) in [5.41, 5.74) is 0. The van der Waals surface area contributed by atoms with Crippen molar-refractivity contribution in [3.05, 3.63) is 21.3 Å². The standard InChI is InChI=1S/C13H16ClNO3S/c1-9-8-17-13(18-9)4-6-15(7-5-13)12(16)10-2-3-11(14)19-10/h2-3,9H,4-8H2,1H3/t9-/m1/s1. The van der Waals surface area contributed by atoms with Crippen molar-refractivity contribution in [3.63, 3.8) is 0 Å². The number of ether oxygens (including phenoxy) is 2. The highest BCUT2D eigenvalue weighted by Gasteiger charge is 2.43. The Morgan fingerprint density at radius 1 is 1.47 bits per heavy atom. The molecule has 0 saturated carbocycles. The second kappa shape index (κ2) is 5.05. The Kier molecular flexibility index (Phi) is 3.55. The Balaban J connectivity index is 1.62. The summed E-state index contributed by atoms with van der Waals surface area (Å²) in [6.45, 7) is 4.00. The third-order valence-corrected chi connectivity index (χ3v) is 4.81. The first-order valence-electron chi connectivity index (χ1n) is 6.44. The number of rotatable bonds is 1. The van der Waals surface area contributed by atoms with Crippen molar-refractivity contribution in [3.8, 4) is 0 Å². The van der Waals surface area contributed by atoms with Gasteiger partial charge in [0.2, 0.25) is 0 Å². The zero-order chi connectivity index (χ0) is 13.5. The number of hydrogen-bond donors (Lipinski definition) is 0. The number of piperidine rings is 1. The molecule has 0 unspecified atom stereocenters. The lowest BCUT2D eigenvalue weighted by atomic mass is 10.0. The van der Waals surface area contributed by atoms with Crippen LogP contribution in [0.25, 0.3) is 0 Å². The van der Waals surface area contributed by atoms with Crippen LogP contribution in [0, 0.1) is 0 Å². The van der Waals surface area contributed by atoms with Crippen LogP contribution in [0.2, 0.25) is 4.34 Å². The van der Waals surface area contributed by atoms with Crippen LogP contribution >= 0.6 is 22.9 Å². The van der Waals surface area contributed by atoms with Crippen LogP contribution in [0.1, 0.15) is 29.4 Å². The molecule has 0 radical (unpaired) electrons. The van der Waals surface area contributed by atoms with Gasteiger partial charge in [-0.3, -0.25) is 4.79 Å². The Hall–Kier alpha value is -0.620. The molecule has 0 N–H and O–H groups in total. The van der Waals surface area contributed by atoms with Gasteiger partial charge in [-0.05, 0) is 19.1 Å². The molecule has 2 aliphatic rings. The van der Waals surface area contributed by atoms with Crippen LogP contribution in [0.5, 0.6) is 0 Å². The molecule has 104 valence electrons. The third kappa shape index (κ3) is 2.65. The van der Waals surface area contributed by atoms with Gasteiger partial charge in [0.1, 0.15) is 0 Å². The highest BCUT2D eigenvalue weighted by atomic mass is 35.5. The monoisotopic (exact) mass is 301 g/mol. The topological polar surface area (TPSA) is 38.8 Å². The minimum atomic E-state index is -0.455. The molecule has 19 heavy (non-hydrogen) atoms. The van der Waals surface area contributed by atoms with Crippen molar-refractivity contribution in [1.82, 2.24) is 4.90 Å². The van der Waals surface area contributed by atoms with Gasteiger partial charge >= 0.3 is 0 Å². The average molecular weight is 302 g/mol. The van der Waals surface area contributed by atoms with Gasteiger partial charge in [0, 0.05) is 25.9 Å². The fraction of sp³-hybridized carbons (Fsp3) is 0.615. The van der Waals surface area contributed by atoms with Crippen molar-refractivity contribution in [2.75, 3.05) is 19.7 Å². The molecule has 2 saturated heterocycles. The SMILES string of the molecule is C[C@@H]1COC2(CCN(C(=O)c3ccc(Cl)s3)CC2)O1. The second-order valence-electron chi connectivity index (χ2n) is 5.05. The number of likely N-dealkylation sites (tertiary alicyclic amines) is 1. The van der Waals surface area contributed by atoms with Gasteiger partial charge < -0.3 is 14.4 Å². The van der Waals surface area contributed by atoms with E-state index in [0.29, 0.717) is 28.9 Å². The van der Waals surface area contributed by atoms with E-state index in [0.717, 1.165) is 12.8 Å². The summed E-state index contributed by atoms with van der Waals surface area (Å²) in [4.78, 5) is 14.8. The van der Waals surface area contributed by atoms with Gasteiger partial charge in [-0.2, -0.15) is 0 Å². The van der Waals surface area contributed by atoms with Crippen LogP contribution in [-0.2, 0) is 9.47 Å². The first-order valence-corrected chi connectivity index (χ1v) is 7.64. The van der Waals surface area contributed by atoms with Gasteiger partial charge in [0.05, 0.1) is 21.9 Å². The summed E-state index contributed by atoms with van der Waals surface area (Å²) < 4.78 is 12.2. The average Bonchev–Trinajstić information content (AvgIpc) is 2.97. The van der Waals surface area contributed by atoms with E-state index in [4.69, 9.17) is 21.1 Å². The fourth-order valence-electron chi connectivity index (χ4n) is 2.60. The molecule has 0 aromatic carbocycles. The largest absolute Gasteiger partial charge is 0.347 e. The van der Waals surface area contributed by atoms with Crippen molar-refractivity contribution in [1.29, 1.82) is 0 Å². The lowest BCUT2D eigenvalue weighted by Gasteiger charge is -2.37. The summed E-state index contributed by atoms with van der Waals surface area (Å²) in [5, 5.41) is 0. The molecule has 6 heteroatoms. The number of carbonyl (C=O) groups is 1. The lowest BCUT2D eigenvalue weighted by Crippen LogP contribution is -2.47. The predicted molar refractivity (Wildman–Crippen MR) is 73.7 cm³/mol. The van der Waals surface area contributed by atoms with Crippen molar-refractivity contribution < 1.29 is 14.3 Å². The molecule has 1 spiro atoms. The predicted octanol–water partition coefficient (Wildman–Crippen LogP) is 2.77. The lowest BCUT2D eigenvalue weighted by molar-refractivity contribution is -0.189. The molecule has 0 aliphatic carbocycles. The van der Waals surface area contributed by atoms with Gasteiger partial charge in [0.15, 0.2) is 5.79 Å². The maximum Gasteiger partial charge on any atom is 0.263 e. The number of nitrogens with zero attached hydrogens (tertiary/aromatic N) is 1. The zero-order valence-corrected chi connectivity index (χ0v) is 12.3. The van der Waals surface area contributed by atoms with E-state index < -0.39 is 5.79 Å². The van der Waals surface area contributed by atoms with Crippen molar-refractivity contribution >= 4 is 28.8 Å². The maximum atomic E-state index is 12.3. The van der Waals surface area contributed by atoms with Gasteiger partial charge in [-0.25, -0.2) is 0 Å². The molecule has 0 bridgehead atoms. The van der Waals surface area contributed by atoms with Gasteiger partial charge in [0.25, 0.3) is 5.91 Å². The molecule has 1 amide bonds. The first kappa shape index (κ1) is 13.4. The summed E-state index contributed by atoms with van der Waals surface area (Å²) in [5.74, 6) is -0.402. The van der Waals surface area contributed by atoms with Gasteiger partial charge in [-0.15, -0.1) is 11.3 Å². The van der Waals surface area contributed by atoms with E-state index in [2.05, 4.69) is 0 Å². The molecule has 2 fully saturated rings. The molecule has 1 aromatic rings. The molecule has 4 nitrogen and oxygen atoms in total. The van der Waals surface area contributed by atoms with Crippen molar-refractivity contribution in [2.24, 2.45) is 0 Å². The Morgan fingerprint density at radius 3 is 2.74 bits per heavy atom. The highest BCUT2D eigenvalue weighted by Crippen LogP contribution is 2.34. The zero-order valence-electron chi connectivity index (χ0n) is 10.7. The van der Waals surface area contributed by atoms with E-state index in [1.807, 2.05) is 11.8 Å². The Morgan fingerprint density at radius 2 is 2.21 bits per heavy atom. The number of carbonyl (C=O) groups excluding carboxylic acids is 1. The quantitative estimate of drug-likeness (QED) is 0.800. The fourth-order valence-corrected chi connectivity index (χ4v) is 3.61. The molecule has 2 aliphatic heterocycles. The summed E-state index contributed by atoms with van der Waals surface area (Å²) in [6, 6.07) is 3.54. The van der Waals surface area contributed by atoms with E-state index in [-0.39, 0.29) is 12.0 Å². The smallest absolute Gasteiger partial charge is 0.263 e. The van der Waals surface area contributed by atoms with E-state index in [1.165, 1.54) is 11.3 Å². The molecule has 1 atom stereocenters. The van der Waals surface area contributed by atoms with E-state index in [9.17, 15) is 4.79 Å². The molecule has 1 aromatic heterocycles. The third-order valence-electron chi connectivity index (χ3n) is 3.59. The first-order chi connectivity index (χ1) is 9.08. The summed E-state index contributed by atoms with van der Waals surface area (Å²) in [7, 11) is 0. The van der Waals surface area contributed by atoms with Crippen molar-refractivity contribution in [2.45, 2.75) is 31.7 Å². The summed E-state index contributed by atoms with van der Waals surface area (Å²) in [6.07, 6.45) is 1.63. The molecular weight excluding hydrogens is 286 g/mol. The maximum absolute atomic E-state index is 12.3. The number of hydrogen-bond acceptors (Lipinski definition) is 4. The van der Waals surface area contributed by atoms with Crippen LogP contribution in [0.4, 0.5) is 0 Å². The number of thiophene rings is 1. The summed E-state index contributed by atoms with van der Waals surface area (Å²) >= 11 is 7.19. The Bertz CT molecular complexity index is 482. The van der Waals surface area contributed by atoms with Crippen LogP contribution < -0.4 is 0 Å². The number of halogens is 1. The normalized spacial score (nSPS) is 26.0. The minimum absolute atomic E-state index is 0.0535. The van der Waals surface area contributed by atoms with E-state index in [1.54, 1.807) is 12.1 Å². The van der Waals surface area contributed by atoms with Gasteiger partial charge in [-0.1, -0.05) is 11.6 Å². The number of amides is 1. The molecule has 3 heterocycles. The van der Waals surface area contributed by atoms with Crippen LogP contribution in [0.3, 0.4) is 0 Å². The second-order valence-corrected chi connectivity index (χ2v) is 6.76. The Labute approximate surface area is 121 Å². The molecular formula is C13H16ClNO3S. The van der Waals surface area contributed by atoms with Crippen LogP contribution in [-0.4, -0.2) is 42.4 Å². The van der Waals surface area contributed by atoms with E-state index >= 15 is 0 Å².